The highest BCUT2D eigenvalue weighted by molar-refractivity contribution is 6.30. The van der Waals surface area contributed by atoms with E-state index in [0.717, 1.165) is 11.1 Å². The molecule has 0 aliphatic carbocycles. The van der Waals surface area contributed by atoms with Crippen LogP contribution in [0.5, 0.6) is 11.5 Å². The van der Waals surface area contributed by atoms with Gasteiger partial charge in [0.1, 0.15) is 25.6 Å². The Morgan fingerprint density at radius 3 is 2.76 bits per heavy atom. The van der Waals surface area contributed by atoms with Gasteiger partial charge in [0.05, 0.1) is 12.7 Å². The number of rotatable bonds is 8. The molecular formula is C24H23ClN4O4. The maximum absolute atomic E-state index is 12.9. The number of allylic oxidation sites excluding steroid dienone is 1. The molecule has 1 aliphatic rings. The standard InChI is InChI=1S/C24H23ClN4O4/c1-4-11-32-23(30)21-15(2)28-24-26-14-27-29(24)22(21)17-7-10-19(20(12-17)31-3)33-13-16-5-8-18(25)9-6-16/h4-10,12,14,22H,1,11,13H2,2-3H3,(H,26,27,28). The highest BCUT2D eigenvalue weighted by Gasteiger charge is 2.34. The monoisotopic (exact) mass is 466 g/mol. The van der Waals surface area contributed by atoms with Crippen LogP contribution in [0.2, 0.25) is 5.02 Å². The Bertz CT molecular complexity index is 1200. The minimum absolute atomic E-state index is 0.105. The van der Waals surface area contributed by atoms with Gasteiger partial charge in [0.25, 0.3) is 0 Å². The average Bonchev–Trinajstić information content (AvgIpc) is 3.29. The lowest BCUT2D eigenvalue weighted by atomic mass is 9.95. The van der Waals surface area contributed by atoms with Gasteiger partial charge in [0.15, 0.2) is 11.5 Å². The molecule has 1 N–H and O–H groups in total. The van der Waals surface area contributed by atoms with Crippen molar-refractivity contribution < 1.29 is 19.0 Å². The summed E-state index contributed by atoms with van der Waals surface area (Å²) in [5.74, 6) is 1.16. The van der Waals surface area contributed by atoms with Crippen molar-refractivity contribution in [3.05, 3.63) is 88.9 Å². The van der Waals surface area contributed by atoms with E-state index < -0.39 is 12.0 Å². The molecule has 8 nitrogen and oxygen atoms in total. The summed E-state index contributed by atoms with van der Waals surface area (Å²) in [4.78, 5) is 17.1. The number of aromatic nitrogens is 3. The number of methoxy groups -OCH3 is 1. The Labute approximate surface area is 196 Å². The molecule has 1 unspecified atom stereocenters. The molecule has 1 atom stereocenters. The van der Waals surface area contributed by atoms with E-state index in [0.29, 0.717) is 40.3 Å². The smallest absolute Gasteiger partial charge is 0.338 e. The number of ether oxygens (including phenoxy) is 3. The molecule has 1 aliphatic heterocycles. The van der Waals surface area contributed by atoms with Crippen LogP contribution in [0.15, 0.2) is 72.7 Å². The van der Waals surface area contributed by atoms with Gasteiger partial charge < -0.3 is 19.5 Å². The summed E-state index contributed by atoms with van der Waals surface area (Å²) in [7, 11) is 1.57. The second kappa shape index (κ2) is 9.79. The SMILES string of the molecule is C=CCOC(=O)C1=C(C)Nc2ncnn2C1c1ccc(OCc2ccc(Cl)cc2)c(OC)c1. The molecule has 2 aromatic carbocycles. The summed E-state index contributed by atoms with van der Waals surface area (Å²) in [6.07, 6.45) is 2.96. The number of nitrogens with zero attached hydrogens (tertiary/aromatic N) is 3. The van der Waals surface area contributed by atoms with Crippen molar-refractivity contribution >= 4 is 23.5 Å². The lowest BCUT2D eigenvalue weighted by Gasteiger charge is -2.28. The summed E-state index contributed by atoms with van der Waals surface area (Å²) in [5.41, 5.74) is 2.80. The summed E-state index contributed by atoms with van der Waals surface area (Å²) in [6.45, 7) is 5.86. The number of benzene rings is 2. The van der Waals surface area contributed by atoms with Crippen LogP contribution >= 0.6 is 11.6 Å². The third kappa shape index (κ3) is 4.70. The van der Waals surface area contributed by atoms with Gasteiger partial charge >= 0.3 is 5.97 Å². The van der Waals surface area contributed by atoms with E-state index in [-0.39, 0.29) is 6.61 Å². The fraction of sp³-hybridized carbons (Fsp3) is 0.208. The van der Waals surface area contributed by atoms with Crippen LogP contribution in [0.1, 0.15) is 24.1 Å². The Balaban J connectivity index is 1.66. The van der Waals surface area contributed by atoms with E-state index >= 15 is 0 Å². The van der Waals surface area contributed by atoms with Gasteiger partial charge in [-0.2, -0.15) is 10.1 Å². The summed E-state index contributed by atoms with van der Waals surface area (Å²) in [6, 6.07) is 12.4. The number of carbonyl (C=O) groups excluding carboxylic acids is 1. The largest absolute Gasteiger partial charge is 0.493 e. The number of esters is 1. The zero-order valence-electron chi connectivity index (χ0n) is 18.2. The van der Waals surface area contributed by atoms with Gasteiger partial charge in [-0.15, -0.1) is 0 Å². The third-order valence-corrected chi connectivity index (χ3v) is 5.41. The van der Waals surface area contributed by atoms with Crippen LogP contribution in [0.4, 0.5) is 5.95 Å². The van der Waals surface area contributed by atoms with Crippen LogP contribution in [-0.4, -0.2) is 34.5 Å². The minimum atomic E-state index is -0.555. The molecule has 33 heavy (non-hydrogen) atoms. The molecule has 9 heteroatoms. The number of hydrogen-bond donors (Lipinski definition) is 1. The zero-order chi connectivity index (χ0) is 23.4. The number of halogens is 1. The second-order valence-corrected chi connectivity index (χ2v) is 7.74. The van der Waals surface area contributed by atoms with Crippen molar-refractivity contribution in [2.75, 3.05) is 19.0 Å². The molecule has 2 heterocycles. The lowest BCUT2D eigenvalue weighted by Crippen LogP contribution is -2.29. The number of nitrogens with one attached hydrogen (secondary N) is 1. The molecule has 3 aromatic rings. The average molecular weight is 467 g/mol. The Kier molecular flexibility index (Phi) is 6.65. The number of carbonyl (C=O) groups is 1. The van der Waals surface area contributed by atoms with E-state index in [2.05, 4.69) is 22.0 Å². The summed E-state index contributed by atoms with van der Waals surface area (Å²) in [5, 5.41) is 8.09. The molecule has 0 amide bonds. The highest BCUT2D eigenvalue weighted by atomic mass is 35.5. The van der Waals surface area contributed by atoms with Crippen LogP contribution in [0.25, 0.3) is 0 Å². The molecule has 0 saturated heterocycles. The van der Waals surface area contributed by atoms with Gasteiger partial charge in [-0.1, -0.05) is 42.5 Å². The quantitative estimate of drug-likeness (QED) is 0.385. The Hall–Kier alpha value is -3.78. The molecule has 0 bridgehead atoms. The normalized spacial score (nSPS) is 14.8. The fourth-order valence-corrected chi connectivity index (χ4v) is 3.72. The van der Waals surface area contributed by atoms with E-state index in [4.69, 9.17) is 25.8 Å². The first-order chi connectivity index (χ1) is 16.0. The molecule has 0 spiro atoms. The molecular weight excluding hydrogens is 444 g/mol. The third-order valence-electron chi connectivity index (χ3n) is 5.16. The molecule has 0 radical (unpaired) electrons. The van der Waals surface area contributed by atoms with Gasteiger partial charge in [-0.3, -0.25) is 0 Å². The molecule has 0 fully saturated rings. The van der Waals surface area contributed by atoms with Gasteiger partial charge in [-0.05, 0) is 42.3 Å². The highest BCUT2D eigenvalue weighted by Crippen LogP contribution is 2.39. The van der Waals surface area contributed by atoms with Crippen molar-refractivity contribution in [3.63, 3.8) is 0 Å². The van der Waals surface area contributed by atoms with Gasteiger partial charge in [0, 0.05) is 10.7 Å². The topological polar surface area (TPSA) is 87.5 Å². The van der Waals surface area contributed by atoms with Crippen molar-refractivity contribution in [3.8, 4) is 11.5 Å². The maximum Gasteiger partial charge on any atom is 0.338 e. The van der Waals surface area contributed by atoms with Gasteiger partial charge in [0.2, 0.25) is 5.95 Å². The first kappa shape index (κ1) is 22.4. The Morgan fingerprint density at radius 1 is 1.24 bits per heavy atom. The zero-order valence-corrected chi connectivity index (χ0v) is 19.0. The first-order valence-electron chi connectivity index (χ1n) is 10.2. The van der Waals surface area contributed by atoms with Gasteiger partial charge in [-0.25, -0.2) is 9.48 Å². The van der Waals surface area contributed by atoms with Crippen LogP contribution in [0.3, 0.4) is 0 Å². The van der Waals surface area contributed by atoms with Crippen LogP contribution in [-0.2, 0) is 16.1 Å². The van der Waals surface area contributed by atoms with Crippen molar-refractivity contribution in [1.29, 1.82) is 0 Å². The van der Waals surface area contributed by atoms with Crippen molar-refractivity contribution in [1.82, 2.24) is 14.8 Å². The molecule has 1 aromatic heterocycles. The van der Waals surface area contributed by atoms with E-state index in [1.54, 1.807) is 18.7 Å². The fourth-order valence-electron chi connectivity index (χ4n) is 3.59. The molecule has 0 saturated carbocycles. The second-order valence-electron chi connectivity index (χ2n) is 7.31. The first-order valence-corrected chi connectivity index (χ1v) is 10.6. The summed E-state index contributed by atoms with van der Waals surface area (Å²) < 4.78 is 18.5. The Morgan fingerprint density at radius 2 is 2.03 bits per heavy atom. The maximum atomic E-state index is 12.9. The molecule has 170 valence electrons. The van der Waals surface area contributed by atoms with Crippen LogP contribution in [0, 0.1) is 0 Å². The van der Waals surface area contributed by atoms with E-state index in [1.165, 1.54) is 12.4 Å². The van der Waals surface area contributed by atoms with E-state index in [1.807, 2.05) is 42.5 Å². The predicted octanol–water partition coefficient (Wildman–Crippen LogP) is 4.54. The van der Waals surface area contributed by atoms with Crippen LogP contribution < -0.4 is 14.8 Å². The van der Waals surface area contributed by atoms with Crippen molar-refractivity contribution in [2.24, 2.45) is 0 Å². The molecule has 4 rings (SSSR count). The number of fused-ring (bicyclic) bond motifs is 1. The number of hydrogen-bond acceptors (Lipinski definition) is 7. The number of anilines is 1. The lowest BCUT2D eigenvalue weighted by molar-refractivity contribution is -0.138. The van der Waals surface area contributed by atoms with Crippen molar-refractivity contribution in [2.45, 2.75) is 19.6 Å². The van der Waals surface area contributed by atoms with E-state index in [9.17, 15) is 4.79 Å². The summed E-state index contributed by atoms with van der Waals surface area (Å²) >= 11 is 5.95. The minimum Gasteiger partial charge on any atom is -0.493 e. The predicted molar refractivity (Wildman–Crippen MR) is 124 cm³/mol.